The van der Waals surface area contributed by atoms with Crippen LogP contribution in [-0.2, 0) is 22.3 Å². The van der Waals surface area contributed by atoms with E-state index in [0.29, 0.717) is 35.1 Å². The average molecular weight is 821 g/mol. The maximum absolute atomic E-state index is 13.3. The molecule has 2 aromatic carbocycles. The number of ether oxygens (including phenoxy) is 2. The van der Waals surface area contributed by atoms with Gasteiger partial charge in [-0.1, -0.05) is 36.4 Å². The standard InChI is InChI=1S/C27H35N5O5.C17H18N4O.H3N/c1-16(2)32-23-21(20(30-32)14-18-11-10-12-19(13-18)17(3)33)22(28-15-29-23)31(24(34)36-26(4,5)6)25(35)37-27(7,8)9;1-11(2)21-17-15(9-18-10-19-17)16(20-21)8-13-5-4-6-14(7-13)12(3)22;/h10-13,15-16H,14H2,1-9H3;4-7,9-11H,8H2,1-3H3;1H3. The highest BCUT2D eigenvalue weighted by Gasteiger charge is 2.36. The fourth-order valence-electron chi connectivity index (χ4n) is 6.16. The van der Waals surface area contributed by atoms with Gasteiger partial charge >= 0.3 is 12.2 Å². The number of anilines is 1. The number of carbonyl (C=O) groups is 4. The summed E-state index contributed by atoms with van der Waals surface area (Å²) in [6, 6.07) is 15.1. The second kappa shape index (κ2) is 18.7. The number of nitrogens with zero attached hydrogens (tertiary/aromatic N) is 9. The fourth-order valence-corrected chi connectivity index (χ4v) is 6.16. The summed E-state index contributed by atoms with van der Waals surface area (Å²) in [5, 5.41) is 10.8. The van der Waals surface area contributed by atoms with Crippen LogP contribution in [0.1, 0.15) is 138 Å². The SMILES string of the molecule is CC(=O)c1cccc(Cc2nn(C(C)C)c3ncnc(N(C(=O)OC(C)(C)C)C(=O)OC(C)(C)C)c23)c1.CC(=O)c1cccc(Cc2nn(C(C)C)c3ncncc23)c1.N. The molecule has 0 saturated heterocycles. The Hall–Kier alpha value is -6.42. The molecule has 0 atom stereocenters. The fraction of sp³-hybridized carbons (Fsp3) is 0.409. The van der Waals surface area contributed by atoms with Crippen LogP contribution in [0.4, 0.5) is 15.4 Å². The second-order valence-electron chi connectivity index (χ2n) is 16.8. The van der Waals surface area contributed by atoms with Gasteiger partial charge in [-0.2, -0.15) is 15.1 Å². The number of amides is 2. The summed E-state index contributed by atoms with van der Waals surface area (Å²) < 4.78 is 14.7. The molecule has 2 amide bonds. The lowest BCUT2D eigenvalue weighted by atomic mass is 10.0. The summed E-state index contributed by atoms with van der Waals surface area (Å²) in [4.78, 5) is 68.1. The third kappa shape index (κ3) is 11.2. The molecule has 0 saturated carbocycles. The highest BCUT2D eigenvalue weighted by Crippen LogP contribution is 2.32. The van der Waals surface area contributed by atoms with Crippen LogP contribution in [-0.4, -0.2) is 74.5 Å². The number of ketones is 2. The molecule has 0 aliphatic heterocycles. The molecule has 0 spiro atoms. The molecule has 6 rings (SSSR count). The molecule has 0 aliphatic carbocycles. The molecule has 16 nitrogen and oxygen atoms in total. The molecular weight excluding hydrogens is 765 g/mol. The van der Waals surface area contributed by atoms with Gasteiger partial charge in [0.15, 0.2) is 28.7 Å². The van der Waals surface area contributed by atoms with Crippen molar-refractivity contribution in [2.24, 2.45) is 0 Å². The number of hydrogen-bond acceptors (Lipinski definition) is 13. The first kappa shape index (κ1) is 46.3. The molecule has 0 bridgehead atoms. The predicted molar refractivity (Wildman–Crippen MR) is 230 cm³/mol. The topological polar surface area (TPSA) is 212 Å². The van der Waals surface area contributed by atoms with E-state index in [4.69, 9.17) is 14.6 Å². The summed E-state index contributed by atoms with van der Waals surface area (Å²) in [5.41, 5.74) is 4.22. The van der Waals surface area contributed by atoms with Gasteiger partial charge in [0, 0.05) is 42.2 Å². The van der Waals surface area contributed by atoms with Crippen molar-refractivity contribution in [3.8, 4) is 0 Å². The van der Waals surface area contributed by atoms with E-state index in [9.17, 15) is 19.2 Å². The summed E-state index contributed by atoms with van der Waals surface area (Å²) in [5.74, 6) is 0.0327. The Morgan fingerprint density at radius 1 is 0.667 bits per heavy atom. The van der Waals surface area contributed by atoms with Crippen LogP contribution < -0.4 is 11.1 Å². The molecule has 16 heteroatoms. The summed E-state index contributed by atoms with van der Waals surface area (Å²) in [6.45, 7) is 21.4. The van der Waals surface area contributed by atoms with Crippen LogP contribution in [0, 0.1) is 0 Å². The summed E-state index contributed by atoms with van der Waals surface area (Å²) in [6.07, 6.45) is 3.74. The number of rotatable bonds is 9. The zero-order valence-corrected chi connectivity index (χ0v) is 36.6. The first-order chi connectivity index (χ1) is 27.6. The number of benzene rings is 2. The minimum Gasteiger partial charge on any atom is -0.443 e. The van der Waals surface area contributed by atoms with Crippen LogP contribution in [0.25, 0.3) is 22.1 Å². The Morgan fingerprint density at radius 2 is 1.13 bits per heavy atom. The van der Waals surface area contributed by atoms with E-state index >= 15 is 0 Å². The van der Waals surface area contributed by atoms with Crippen molar-refractivity contribution in [2.45, 2.75) is 119 Å². The van der Waals surface area contributed by atoms with Crippen molar-refractivity contribution in [1.29, 1.82) is 0 Å². The van der Waals surface area contributed by atoms with Crippen molar-refractivity contribution < 1.29 is 28.7 Å². The van der Waals surface area contributed by atoms with Crippen molar-refractivity contribution >= 4 is 51.6 Å². The van der Waals surface area contributed by atoms with Gasteiger partial charge in [-0.25, -0.2) is 38.9 Å². The monoisotopic (exact) mass is 820 g/mol. The van der Waals surface area contributed by atoms with E-state index in [1.54, 1.807) is 83.9 Å². The van der Waals surface area contributed by atoms with E-state index in [0.717, 1.165) is 38.3 Å². The van der Waals surface area contributed by atoms with E-state index in [1.165, 1.54) is 13.3 Å². The van der Waals surface area contributed by atoms with Crippen LogP contribution in [0.5, 0.6) is 0 Å². The maximum Gasteiger partial charge on any atom is 0.425 e. The number of Topliss-reactive ketones (excluding diaryl/α,β-unsaturated/α-hetero) is 2. The third-order valence-electron chi connectivity index (χ3n) is 8.74. The normalized spacial score (nSPS) is 11.6. The zero-order valence-electron chi connectivity index (χ0n) is 36.6. The quantitative estimate of drug-likeness (QED) is 0.135. The van der Waals surface area contributed by atoms with Gasteiger partial charge in [-0.15, -0.1) is 0 Å². The van der Waals surface area contributed by atoms with Gasteiger partial charge in [0.1, 0.15) is 23.9 Å². The lowest BCUT2D eigenvalue weighted by Crippen LogP contribution is -2.44. The Morgan fingerprint density at radius 3 is 1.62 bits per heavy atom. The van der Waals surface area contributed by atoms with E-state index in [-0.39, 0.29) is 35.6 Å². The predicted octanol–water partition coefficient (Wildman–Crippen LogP) is 9.24. The molecule has 318 valence electrons. The first-order valence-corrected chi connectivity index (χ1v) is 19.5. The second-order valence-corrected chi connectivity index (χ2v) is 16.8. The number of imide groups is 1. The number of aromatic nitrogens is 8. The minimum absolute atomic E-state index is 0. The molecule has 0 aliphatic rings. The minimum atomic E-state index is -0.927. The maximum atomic E-state index is 13.3. The Bertz CT molecular complexity index is 2480. The van der Waals surface area contributed by atoms with Gasteiger partial charge in [-0.3, -0.25) is 9.59 Å². The van der Waals surface area contributed by atoms with Crippen LogP contribution in [0.3, 0.4) is 0 Å². The summed E-state index contributed by atoms with van der Waals surface area (Å²) >= 11 is 0. The lowest BCUT2D eigenvalue weighted by molar-refractivity contribution is 0.0429. The third-order valence-corrected chi connectivity index (χ3v) is 8.74. The molecule has 4 heterocycles. The largest absolute Gasteiger partial charge is 0.443 e. The smallest absolute Gasteiger partial charge is 0.425 e. The molecule has 4 aromatic heterocycles. The number of fused-ring (bicyclic) bond motifs is 2. The van der Waals surface area contributed by atoms with Crippen molar-refractivity contribution in [3.63, 3.8) is 0 Å². The Balaban J connectivity index is 0.000000293. The molecule has 6 aromatic rings. The zero-order chi connectivity index (χ0) is 43.4. The molecular formula is C44H56N10O6. The molecule has 0 unspecified atom stereocenters. The molecule has 0 fully saturated rings. The Kier molecular flexibility index (Phi) is 14.4. The number of hydrogen-bond donors (Lipinski definition) is 1. The van der Waals surface area contributed by atoms with Crippen molar-refractivity contribution in [2.75, 3.05) is 4.90 Å². The number of carbonyl (C=O) groups excluding carboxylic acids is 4. The van der Waals surface area contributed by atoms with Gasteiger partial charge in [-0.05, 0) is 106 Å². The van der Waals surface area contributed by atoms with Gasteiger partial charge < -0.3 is 15.6 Å². The van der Waals surface area contributed by atoms with Crippen LogP contribution >= 0.6 is 0 Å². The highest BCUT2D eigenvalue weighted by molar-refractivity contribution is 6.13. The van der Waals surface area contributed by atoms with E-state index < -0.39 is 23.4 Å². The molecule has 3 N–H and O–H groups in total. The van der Waals surface area contributed by atoms with Crippen LogP contribution in [0.2, 0.25) is 0 Å². The van der Waals surface area contributed by atoms with Crippen LogP contribution in [0.15, 0.2) is 67.4 Å². The van der Waals surface area contributed by atoms with Crippen molar-refractivity contribution in [3.05, 3.63) is 101 Å². The lowest BCUT2D eigenvalue weighted by Gasteiger charge is -2.28. The van der Waals surface area contributed by atoms with Gasteiger partial charge in [0.2, 0.25) is 0 Å². The Labute approximate surface area is 350 Å². The molecule has 0 radical (unpaired) electrons. The van der Waals surface area contributed by atoms with Gasteiger partial charge in [0.25, 0.3) is 0 Å². The van der Waals surface area contributed by atoms with Gasteiger partial charge in [0.05, 0.1) is 22.2 Å². The highest BCUT2D eigenvalue weighted by atomic mass is 16.6. The average Bonchev–Trinajstić information content (AvgIpc) is 3.70. The molecule has 60 heavy (non-hydrogen) atoms. The van der Waals surface area contributed by atoms with E-state index in [1.807, 2.05) is 48.9 Å². The first-order valence-electron chi connectivity index (χ1n) is 19.5. The van der Waals surface area contributed by atoms with Crippen molar-refractivity contribution in [1.82, 2.24) is 45.6 Å². The van der Waals surface area contributed by atoms with E-state index in [2.05, 4.69) is 38.9 Å². The summed E-state index contributed by atoms with van der Waals surface area (Å²) in [7, 11) is 0.